The molecule has 0 spiro atoms. The smallest absolute Gasteiger partial charge is 0.303 e. The molecular weight excluding hydrogens is 721 g/mol. The topological polar surface area (TPSA) is 133 Å². The highest BCUT2D eigenvalue weighted by atomic mass is 16.6. The van der Waals surface area contributed by atoms with Crippen molar-refractivity contribution in [2.24, 2.45) is 5.92 Å². The first-order valence-corrected chi connectivity index (χ1v) is 20.5. The van der Waals surface area contributed by atoms with E-state index in [9.17, 15) is 19.5 Å². The SMILES string of the molecule is Cc1ccnc(CCCCC(=O)NCC(=O)C[C@@H](CC(=O)O)c2cccc(-c3cccc4c(CCCOCCOCCOCCOCCC(C)C)cccc34)c2)c1. The van der Waals surface area contributed by atoms with Crippen molar-refractivity contribution in [2.45, 2.75) is 84.5 Å². The summed E-state index contributed by atoms with van der Waals surface area (Å²) < 4.78 is 22.6. The maximum Gasteiger partial charge on any atom is 0.303 e. The zero-order valence-electron chi connectivity index (χ0n) is 34.1. The van der Waals surface area contributed by atoms with Crippen molar-refractivity contribution in [3.05, 3.63) is 101 Å². The van der Waals surface area contributed by atoms with Crippen LogP contribution in [0.2, 0.25) is 0 Å². The largest absolute Gasteiger partial charge is 0.481 e. The van der Waals surface area contributed by atoms with E-state index >= 15 is 0 Å². The van der Waals surface area contributed by atoms with Crippen LogP contribution in [0.4, 0.5) is 0 Å². The minimum Gasteiger partial charge on any atom is -0.481 e. The van der Waals surface area contributed by atoms with Gasteiger partial charge in [0.25, 0.3) is 0 Å². The molecule has 0 bridgehead atoms. The number of carbonyl (C=O) groups excluding carboxylic acids is 2. The summed E-state index contributed by atoms with van der Waals surface area (Å²) in [6.07, 6.45) is 7.06. The molecule has 57 heavy (non-hydrogen) atoms. The number of benzene rings is 3. The molecule has 1 aromatic heterocycles. The van der Waals surface area contributed by atoms with Crippen LogP contribution in [0.1, 0.15) is 87.1 Å². The predicted molar refractivity (Wildman–Crippen MR) is 225 cm³/mol. The molecule has 4 rings (SSSR count). The molecule has 4 aromatic rings. The number of unbranched alkanes of at least 4 members (excludes halogenated alkanes) is 1. The van der Waals surface area contributed by atoms with Crippen molar-refractivity contribution < 1.29 is 38.4 Å². The Morgan fingerprint density at radius 2 is 1.40 bits per heavy atom. The number of carboxylic acids is 1. The Morgan fingerprint density at radius 1 is 0.719 bits per heavy atom. The molecule has 2 N–H and O–H groups in total. The highest BCUT2D eigenvalue weighted by Crippen LogP contribution is 2.34. The number of fused-ring (bicyclic) bond motifs is 1. The molecule has 0 aliphatic heterocycles. The number of aromatic nitrogens is 1. The monoisotopic (exact) mass is 782 g/mol. The van der Waals surface area contributed by atoms with Crippen molar-refractivity contribution in [3.8, 4) is 11.1 Å². The number of aryl methyl sites for hydroxylation is 3. The molecule has 0 saturated heterocycles. The van der Waals surface area contributed by atoms with Gasteiger partial charge < -0.3 is 29.4 Å². The molecule has 3 aromatic carbocycles. The lowest BCUT2D eigenvalue weighted by molar-refractivity contribution is -0.137. The van der Waals surface area contributed by atoms with Crippen LogP contribution in [0.25, 0.3) is 21.9 Å². The summed E-state index contributed by atoms with van der Waals surface area (Å²) in [5.74, 6) is -1.24. The van der Waals surface area contributed by atoms with Crippen molar-refractivity contribution in [1.82, 2.24) is 10.3 Å². The van der Waals surface area contributed by atoms with Gasteiger partial charge in [0.1, 0.15) is 0 Å². The number of nitrogens with zero attached hydrogens (tertiary/aromatic N) is 1. The standard InChI is InChI=1S/C47H62N2O8/c1-35(2)20-23-55-25-27-57-29-28-56-26-24-54-22-9-13-37-10-7-17-45-43(37)15-8-16-44(45)39-12-6-11-38(31-39)40(33-47(52)53)32-42(50)34-49-46(51)18-5-4-14-41-30-36(3)19-21-48-41/h6-8,10-12,15-17,19,21,30-31,35,40H,4-5,9,13-14,18,20,22-29,32-34H2,1-3H3,(H,49,51)(H,52,53)/t40-/m0/s1. The highest BCUT2D eigenvalue weighted by molar-refractivity contribution is 5.98. The van der Waals surface area contributed by atoms with Gasteiger partial charge in [-0.2, -0.15) is 0 Å². The van der Waals surface area contributed by atoms with Gasteiger partial charge >= 0.3 is 5.97 Å². The summed E-state index contributed by atoms with van der Waals surface area (Å²) in [6, 6.07) is 24.4. The molecule has 1 amide bonds. The number of Topliss-reactive ketones (excluding diaryl/α,β-unsaturated/α-hetero) is 1. The lowest BCUT2D eigenvalue weighted by Crippen LogP contribution is -2.30. The van der Waals surface area contributed by atoms with E-state index in [0.717, 1.165) is 77.4 Å². The fourth-order valence-corrected chi connectivity index (χ4v) is 6.73. The fraction of sp³-hybridized carbons (Fsp3) is 0.489. The van der Waals surface area contributed by atoms with Gasteiger partial charge in [0, 0.05) is 43.9 Å². The molecule has 1 atom stereocenters. The fourth-order valence-electron chi connectivity index (χ4n) is 6.73. The van der Waals surface area contributed by atoms with Crippen LogP contribution in [0.3, 0.4) is 0 Å². The van der Waals surface area contributed by atoms with Crippen molar-refractivity contribution in [1.29, 1.82) is 0 Å². The van der Waals surface area contributed by atoms with Gasteiger partial charge in [0.05, 0.1) is 52.6 Å². The minimum atomic E-state index is -0.976. The quantitative estimate of drug-likeness (QED) is 0.0522. The summed E-state index contributed by atoms with van der Waals surface area (Å²) in [4.78, 5) is 41.8. The third-order valence-corrected chi connectivity index (χ3v) is 9.81. The van der Waals surface area contributed by atoms with Gasteiger partial charge in [-0.1, -0.05) is 74.5 Å². The predicted octanol–water partition coefficient (Wildman–Crippen LogP) is 8.30. The average Bonchev–Trinajstić information content (AvgIpc) is 3.19. The Bertz CT molecular complexity index is 1830. The lowest BCUT2D eigenvalue weighted by Gasteiger charge is -2.17. The minimum absolute atomic E-state index is 0.0198. The van der Waals surface area contributed by atoms with E-state index in [4.69, 9.17) is 18.9 Å². The maximum atomic E-state index is 13.0. The van der Waals surface area contributed by atoms with Crippen molar-refractivity contribution >= 4 is 28.4 Å². The van der Waals surface area contributed by atoms with E-state index in [1.54, 1.807) is 6.20 Å². The molecule has 0 unspecified atom stereocenters. The van der Waals surface area contributed by atoms with E-state index < -0.39 is 11.9 Å². The molecular formula is C47H62N2O8. The number of aliphatic carboxylic acids is 1. The first-order valence-electron chi connectivity index (χ1n) is 20.5. The number of ether oxygens (including phenoxy) is 4. The van der Waals surface area contributed by atoms with Crippen LogP contribution >= 0.6 is 0 Å². The van der Waals surface area contributed by atoms with Gasteiger partial charge in [-0.3, -0.25) is 19.4 Å². The van der Waals surface area contributed by atoms with Crippen LogP contribution in [0.5, 0.6) is 0 Å². The summed E-state index contributed by atoms with van der Waals surface area (Å²) in [6.45, 7) is 11.0. The van der Waals surface area contributed by atoms with Crippen LogP contribution in [0.15, 0.2) is 79.0 Å². The molecule has 0 fully saturated rings. The molecule has 308 valence electrons. The first-order chi connectivity index (χ1) is 27.7. The second kappa shape index (κ2) is 25.7. The molecule has 0 saturated carbocycles. The summed E-state index contributed by atoms with van der Waals surface area (Å²) in [7, 11) is 0. The molecule has 0 aliphatic carbocycles. The second-order valence-corrected chi connectivity index (χ2v) is 15.0. The second-order valence-electron chi connectivity index (χ2n) is 15.0. The number of pyridine rings is 1. The van der Waals surface area contributed by atoms with E-state index in [0.29, 0.717) is 65.0 Å². The van der Waals surface area contributed by atoms with E-state index in [1.807, 2.05) is 49.4 Å². The Labute approximate surface area is 338 Å². The number of carboxylic acid groups (broad SMARTS) is 1. The average molecular weight is 783 g/mol. The molecule has 0 aliphatic rings. The molecule has 0 radical (unpaired) electrons. The summed E-state index contributed by atoms with van der Waals surface area (Å²) >= 11 is 0. The van der Waals surface area contributed by atoms with E-state index in [1.165, 1.54) is 5.56 Å². The van der Waals surface area contributed by atoms with E-state index in [2.05, 4.69) is 54.5 Å². The van der Waals surface area contributed by atoms with Crippen LogP contribution < -0.4 is 5.32 Å². The maximum absolute atomic E-state index is 13.0. The summed E-state index contributed by atoms with van der Waals surface area (Å²) in [5.41, 5.74) is 6.17. The number of carbonyl (C=O) groups is 3. The Kier molecular flexibility index (Phi) is 20.4. The summed E-state index contributed by atoms with van der Waals surface area (Å²) in [5, 5.41) is 14.8. The third-order valence-electron chi connectivity index (χ3n) is 9.81. The number of amides is 1. The number of ketones is 1. The van der Waals surface area contributed by atoms with Gasteiger partial charge in [-0.05, 0) is 102 Å². The van der Waals surface area contributed by atoms with Crippen LogP contribution in [-0.4, -0.2) is 87.2 Å². The molecule has 10 heteroatoms. The van der Waals surface area contributed by atoms with Crippen LogP contribution in [-0.2, 0) is 46.2 Å². The first kappa shape index (κ1) is 45.2. The van der Waals surface area contributed by atoms with Gasteiger partial charge in [-0.15, -0.1) is 0 Å². The zero-order chi connectivity index (χ0) is 40.7. The van der Waals surface area contributed by atoms with Gasteiger partial charge in [-0.25, -0.2) is 0 Å². The Morgan fingerprint density at radius 3 is 2.12 bits per heavy atom. The number of rotatable bonds is 29. The number of nitrogens with one attached hydrogen (secondary N) is 1. The third kappa shape index (κ3) is 17.3. The number of hydrogen-bond acceptors (Lipinski definition) is 8. The molecule has 10 nitrogen and oxygen atoms in total. The lowest BCUT2D eigenvalue weighted by atomic mass is 9.87. The molecule has 1 heterocycles. The van der Waals surface area contributed by atoms with Gasteiger partial charge in [0.15, 0.2) is 5.78 Å². The van der Waals surface area contributed by atoms with Gasteiger partial charge in [0.2, 0.25) is 5.91 Å². The van der Waals surface area contributed by atoms with Crippen molar-refractivity contribution in [3.63, 3.8) is 0 Å². The normalized spacial score (nSPS) is 11.9. The Hall–Kier alpha value is -4.48. The zero-order valence-corrected chi connectivity index (χ0v) is 34.1. The van der Waals surface area contributed by atoms with Crippen molar-refractivity contribution in [2.75, 3.05) is 59.4 Å². The Balaban J connectivity index is 1.22. The highest BCUT2D eigenvalue weighted by Gasteiger charge is 2.21. The van der Waals surface area contributed by atoms with E-state index in [-0.39, 0.29) is 31.1 Å². The van der Waals surface area contributed by atoms with Crippen LogP contribution in [0, 0.1) is 12.8 Å². The number of hydrogen-bond donors (Lipinski definition) is 2.